The molecule has 4 aromatic rings. The molecule has 5 nitrogen and oxygen atoms in total. The summed E-state index contributed by atoms with van der Waals surface area (Å²) < 4.78 is 19.1. The SMILES string of the molecule is N#Cc1[nH]nnc1-c1cccc(-c2cc3cc(F)ccc3o2)c1. The first-order valence-corrected chi connectivity index (χ1v) is 6.85. The number of aromatic amines is 1. The standard InChI is InChI=1S/C17H9FN4O/c18-13-4-5-15-12(7-13)8-16(23-15)10-2-1-3-11(6-10)17-14(9-19)20-22-21-17/h1-8H,(H,20,21,22). The Labute approximate surface area is 130 Å². The van der Waals surface area contributed by atoms with Crippen molar-refractivity contribution in [2.45, 2.75) is 0 Å². The number of H-pyrrole nitrogens is 1. The molecule has 110 valence electrons. The molecule has 2 heterocycles. The first kappa shape index (κ1) is 13.2. The summed E-state index contributed by atoms with van der Waals surface area (Å²) in [6, 6.07) is 15.6. The Bertz CT molecular complexity index is 1060. The lowest BCUT2D eigenvalue weighted by atomic mass is 10.1. The Morgan fingerprint density at radius 3 is 2.83 bits per heavy atom. The number of halogens is 1. The van der Waals surface area contributed by atoms with Gasteiger partial charge in [0.1, 0.15) is 28.9 Å². The van der Waals surface area contributed by atoms with Crippen LogP contribution in [0.3, 0.4) is 0 Å². The van der Waals surface area contributed by atoms with E-state index >= 15 is 0 Å². The van der Waals surface area contributed by atoms with E-state index in [0.717, 1.165) is 11.1 Å². The molecule has 2 aromatic carbocycles. The highest BCUT2D eigenvalue weighted by Crippen LogP contribution is 2.31. The number of benzene rings is 2. The van der Waals surface area contributed by atoms with Crippen LogP contribution in [0.25, 0.3) is 33.6 Å². The van der Waals surface area contributed by atoms with Gasteiger partial charge in [0.2, 0.25) is 0 Å². The maximum atomic E-state index is 13.3. The van der Waals surface area contributed by atoms with E-state index in [-0.39, 0.29) is 5.82 Å². The third kappa shape index (κ3) is 2.24. The van der Waals surface area contributed by atoms with Crippen molar-refractivity contribution in [3.63, 3.8) is 0 Å². The molecular formula is C17H9FN4O. The molecular weight excluding hydrogens is 295 g/mol. The van der Waals surface area contributed by atoms with Gasteiger partial charge in [0.15, 0.2) is 5.69 Å². The van der Waals surface area contributed by atoms with Crippen LogP contribution in [0.15, 0.2) is 52.9 Å². The average molecular weight is 304 g/mol. The predicted molar refractivity (Wildman–Crippen MR) is 81.7 cm³/mol. The molecule has 0 saturated carbocycles. The zero-order valence-electron chi connectivity index (χ0n) is 11.7. The highest BCUT2D eigenvalue weighted by atomic mass is 19.1. The smallest absolute Gasteiger partial charge is 0.163 e. The van der Waals surface area contributed by atoms with Crippen molar-refractivity contribution < 1.29 is 8.81 Å². The summed E-state index contributed by atoms with van der Waals surface area (Å²) in [7, 11) is 0. The van der Waals surface area contributed by atoms with Gasteiger partial charge in [0.05, 0.1) is 0 Å². The highest BCUT2D eigenvalue weighted by molar-refractivity contribution is 5.83. The minimum atomic E-state index is -0.306. The van der Waals surface area contributed by atoms with E-state index in [0.29, 0.717) is 28.1 Å². The molecule has 0 amide bonds. The number of nitriles is 1. The van der Waals surface area contributed by atoms with Gasteiger partial charge in [-0.2, -0.15) is 5.26 Å². The van der Waals surface area contributed by atoms with Gasteiger partial charge >= 0.3 is 0 Å². The molecule has 0 aliphatic carbocycles. The summed E-state index contributed by atoms with van der Waals surface area (Å²) in [5.41, 5.74) is 2.96. The summed E-state index contributed by atoms with van der Waals surface area (Å²) in [5, 5.41) is 19.9. The van der Waals surface area contributed by atoms with Gasteiger partial charge < -0.3 is 4.42 Å². The second-order valence-corrected chi connectivity index (χ2v) is 5.02. The lowest BCUT2D eigenvalue weighted by Crippen LogP contribution is -1.83. The normalized spacial score (nSPS) is 10.8. The second kappa shape index (κ2) is 5.07. The summed E-state index contributed by atoms with van der Waals surface area (Å²) in [6.07, 6.45) is 0. The van der Waals surface area contributed by atoms with E-state index in [4.69, 9.17) is 9.68 Å². The number of hydrogen-bond acceptors (Lipinski definition) is 4. The zero-order valence-corrected chi connectivity index (χ0v) is 11.7. The number of nitrogens with one attached hydrogen (secondary N) is 1. The summed E-state index contributed by atoms with van der Waals surface area (Å²) in [6.45, 7) is 0. The summed E-state index contributed by atoms with van der Waals surface area (Å²) in [5.74, 6) is 0.314. The topological polar surface area (TPSA) is 78.5 Å². The van der Waals surface area contributed by atoms with Crippen molar-refractivity contribution in [2.24, 2.45) is 0 Å². The molecule has 0 fully saturated rings. The van der Waals surface area contributed by atoms with Gasteiger partial charge in [0, 0.05) is 16.5 Å². The van der Waals surface area contributed by atoms with Crippen LogP contribution in [0.5, 0.6) is 0 Å². The number of aromatic nitrogens is 3. The van der Waals surface area contributed by atoms with E-state index in [1.54, 1.807) is 12.1 Å². The van der Waals surface area contributed by atoms with Crippen LogP contribution >= 0.6 is 0 Å². The molecule has 2 aromatic heterocycles. The van der Waals surface area contributed by atoms with Crippen LogP contribution in [0.2, 0.25) is 0 Å². The van der Waals surface area contributed by atoms with Crippen molar-refractivity contribution in [2.75, 3.05) is 0 Å². The summed E-state index contributed by atoms with van der Waals surface area (Å²) in [4.78, 5) is 0. The van der Waals surface area contributed by atoms with E-state index in [1.165, 1.54) is 12.1 Å². The Kier molecular flexibility index (Phi) is 2.91. The lowest BCUT2D eigenvalue weighted by molar-refractivity contribution is 0.619. The number of fused-ring (bicyclic) bond motifs is 1. The number of hydrogen-bond donors (Lipinski definition) is 1. The van der Waals surface area contributed by atoms with Crippen LogP contribution in [0, 0.1) is 17.1 Å². The Hall–Kier alpha value is -3.46. The van der Waals surface area contributed by atoms with Crippen LogP contribution in [-0.4, -0.2) is 15.4 Å². The van der Waals surface area contributed by atoms with Crippen LogP contribution in [-0.2, 0) is 0 Å². The molecule has 1 N–H and O–H groups in total. The molecule has 0 aliphatic rings. The maximum Gasteiger partial charge on any atom is 0.163 e. The molecule has 0 radical (unpaired) electrons. The fourth-order valence-electron chi connectivity index (χ4n) is 2.48. The summed E-state index contributed by atoms with van der Waals surface area (Å²) >= 11 is 0. The van der Waals surface area contributed by atoms with Crippen molar-refractivity contribution in [1.29, 1.82) is 5.26 Å². The van der Waals surface area contributed by atoms with Gasteiger partial charge in [-0.1, -0.05) is 23.4 Å². The average Bonchev–Trinajstić information content (AvgIpc) is 3.21. The molecule has 0 saturated heterocycles. The van der Waals surface area contributed by atoms with E-state index < -0.39 is 0 Å². The van der Waals surface area contributed by atoms with Gasteiger partial charge in [-0.15, -0.1) is 5.10 Å². The molecule has 23 heavy (non-hydrogen) atoms. The fraction of sp³-hybridized carbons (Fsp3) is 0. The molecule has 6 heteroatoms. The third-order valence-electron chi connectivity index (χ3n) is 3.56. The molecule has 0 aliphatic heterocycles. The predicted octanol–water partition coefficient (Wildman–Crippen LogP) is 3.90. The number of rotatable bonds is 2. The molecule has 0 bridgehead atoms. The van der Waals surface area contributed by atoms with Gasteiger partial charge in [-0.3, -0.25) is 0 Å². The molecule has 0 unspecified atom stereocenters. The monoisotopic (exact) mass is 304 g/mol. The molecule has 0 spiro atoms. The van der Waals surface area contributed by atoms with Gasteiger partial charge in [-0.05, 0) is 30.3 Å². The first-order valence-electron chi connectivity index (χ1n) is 6.85. The Morgan fingerprint density at radius 1 is 1.09 bits per heavy atom. The van der Waals surface area contributed by atoms with Crippen molar-refractivity contribution in [3.05, 3.63) is 60.0 Å². The van der Waals surface area contributed by atoms with Crippen LogP contribution in [0.4, 0.5) is 4.39 Å². The zero-order chi connectivity index (χ0) is 15.8. The largest absolute Gasteiger partial charge is 0.456 e. The number of nitrogens with zero attached hydrogens (tertiary/aromatic N) is 3. The van der Waals surface area contributed by atoms with Crippen molar-refractivity contribution in [1.82, 2.24) is 15.4 Å². The lowest BCUT2D eigenvalue weighted by Gasteiger charge is -2.00. The Balaban J connectivity index is 1.83. The molecule has 0 atom stereocenters. The second-order valence-electron chi connectivity index (χ2n) is 5.02. The van der Waals surface area contributed by atoms with Crippen molar-refractivity contribution >= 4 is 11.0 Å². The minimum Gasteiger partial charge on any atom is -0.456 e. The fourth-order valence-corrected chi connectivity index (χ4v) is 2.48. The molecule has 4 rings (SSSR count). The van der Waals surface area contributed by atoms with E-state index in [9.17, 15) is 4.39 Å². The van der Waals surface area contributed by atoms with E-state index in [1.807, 2.05) is 30.3 Å². The minimum absolute atomic E-state index is 0.300. The van der Waals surface area contributed by atoms with E-state index in [2.05, 4.69) is 15.4 Å². The van der Waals surface area contributed by atoms with Gasteiger partial charge in [0.25, 0.3) is 0 Å². The quantitative estimate of drug-likeness (QED) is 0.609. The van der Waals surface area contributed by atoms with Crippen LogP contribution < -0.4 is 0 Å². The maximum absolute atomic E-state index is 13.3. The first-order chi connectivity index (χ1) is 11.2. The number of furan rings is 1. The van der Waals surface area contributed by atoms with Crippen molar-refractivity contribution in [3.8, 4) is 28.7 Å². The van der Waals surface area contributed by atoms with Crippen LogP contribution in [0.1, 0.15) is 5.69 Å². The Morgan fingerprint density at radius 2 is 1.96 bits per heavy atom. The highest BCUT2D eigenvalue weighted by Gasteiger charge is 2.12. The van der Waals surface area contributed by atoms with Gasteiger partial charge in [-0.25, -0.2) is 9.49 Å². The third-order valence-corrected chi connectivity index (χ3v) is 3.56.